The minimum atomic E-state index is 0.656. The molecule has 70 valence electrons. The maximum absolute atomic E-state index is 3.45. The van der Waals surface area contributed by atoms with E-state index in [-0.39, 0.29) is 0 Å². The number of unbranched alkanes of at least 4 members (excludes halogenated alkanes) is 1. The first kappa shape index (κ1) is 11.5. The van der Waals surface area contributed by atoms with Gasteiger partial charge in [0.25, 0.3) is 0 Å². The van der Waals surface area contributed by atoms with Gasteiger partial charge in [0.15, 0.2) is 0 Å². The van der Waals surface area contributed by atoms with Gasteiger partial charge in [-0.25, -0.2) is 0 Å². The standard InChI is InChI=1S/C11H21N/c1-4-6-8-10-12-11(3)9-7-5-2/h11-12H,5,7-10H2,1-3H3. The van der Waals surface area contributed by atoms with Crippen molar-refractivity contribution in [2.45, 2.75) is 52.5 Å². The van der Waals surface area contributed by atoms with Crippen molar-refractivity contribution in [3.05, 3.63) is 0 Å². The molecular formula is C11H21N. The van der Waals surface area contributed by atoms with Crippen LogP contribution in [0.3, 0.4) is 0 Å². The molecule has 0 aromatic rings. The highest BCUT2D eigenvalue weighted by atomic mass is 14.9. The predicted molar refractivity (Wildman–Crippen MR) is 55.1 cm³/mol. The Bertz CT molecular complexity index is 141. The monoisotopic (exact) mass is 167 g/mol. The molecule has 12 heavy (non-hydrogen) atoms. The fraction of sp³-hybridized carbons (Fsp3) is 0.818. The van der Waals surface area contributed by atoms with Gasteiger partial charge >= 0.3 is 0 Å². The largest absolute Gasteiger partial charge is 0.313 e. The Labute approximate surface area is 76.9 Å². The molecule has 0 aliphatic carbocycles. The third-order valence-electron chi connectivity index (χ3n) is 1.91. The van der Waals surface area contributed by atoms with Crippen molar-refractivity contribution < 1.29 is 0 Å². The summed E-state index contributed by atoms with van der Waals surface area (Å²) in [5, 5.41) is 3.45. The molecule has 0 spiro atoms. The lowest BCUT2D eigenvalue weighted by atomic mass is 10.1. The molecule has 1 N–H and O–H groups in total. The smallest absolute Gasteiger partial charge is 0.0214 e. The van der Waals surface area contributed by atoms with Crippen LogP contribution in [0.5, 0.6) is 0 Å². The number of nitrogens with one attached hydrogen (secondary N) is 1. The third-order valence-corrected chi connectivity index (χ3v) is 1.91. The second-order valence-corrected chi connectivity index (χ2v) is 3.17. The maximum Gasteiger partial charge on any atom is 0.0214 e. The highest BCUT2D eigenvalue weighted by Gasteiger charge is 1.97. The molecule has 0 aromatic heterocycles. The van der Waals surface area contributed by atoms with Crippen LogP contribution >= 0.6 is 0 Å². The quantitative estimate of drug-likeness (QED) is 0.473. The zero-order valence-electron chi connectivity index (χ0n) is 8.61. The van der Waals surface area contributed by atoms with Crippen molar-refractivity contribution in [1.29, 1.82) is 0 Å². The van der Waals surface area contributed by atoms with Crippen LogP contribution in [0, 0.1) is 11.8 Å². The first-order chi connectivity index (χ1) is 5.81. The molecule has 0 fully saturated rings. The Morgan fingerprint density at radius 1 is 1.42 bits per heavy atom. The van der Waals surface area contributed by atoms with Crippen LogP contribution in [0.1, 0.15) is 46.5 Å². The van der Waals surface area contributed by atoms with Crippen molar-refractivity contribution in [3.63, 3.8) is 0 Å². The topological polar surface area (TPSA) is 12.0 Å². The highest BCUT2D eigenvalue weighted by Crippen LogP contribution is 1.98. The Morgan fingerprint density at radius 3 is 2.75 bits per heavy atom. The van der Waals surface area contributed by atoms with Crippen LogP contribution in [-0.2, 0) is 0 Å². The molecule has 0 radical (unpaired) electrons. The third kappa shape index (κ3) is 7.63. The van der Waals surface area contributed by atoms with E-state index in [9.17, 15) is 0 Å². The Kier molecular flexibility index (Phi) is 8.27. The lowest BCUT2D eigenvalue weighted by molar-refractivity contribution is 0.502. The Morgan fingerprint density at radius 2 is 2.17 bits per heavy atom. The molecular weight excluding hydrogens is 146 g/mol. The number of hydrogen-bond donors (Lipinski definition) is 1. The second-order valence-electron chi connectivity index (χ2n) is 3.17. The van der Waals surface area contributed by atoms with E-state index in [0.717, 1.165) is 13.0 Å². The zero-order valence-corrected chi connectivity index (χ0v) is 8.61. The van der Waals surface area contributed by atoms with Gasteiger partial charge in [-0.2, -0.15) is 0 Å². The molecule has 0 aliphatic rings. The van der Waals surface area contributed by atoms with Crippen LogP contribution < -0.4 is 5.32 Å². The predicted octanol–water partition coefficient (Wildman–Crippen LogP) is 2.57. The summed E-state index contributed by atoms with van der Waals surface area (Å²) in [6, 6.07) is 0.656. The number of rotatable bonds is 6. The summed E-state index contributed by atoms with van der Waals surface area (Å²) in [5.74, 6) is 5.94. The molecule has 0 aliphatic heterocycles. The second kappa shape index (κ2) is 8.62. The molecule has 0 bridgehead atoms. The number of hydrogen-bond acceptors (Lipinski definition) is 1. The van der Waals surface area contributed by atoms with Crippen LogP contribution in [0.25, 0.3) is 0 Å². The molecule has 1 unspecified atom stereocenters. The maximum atomic E-state index is 3.45. The molecule has 1 heteroatoms. The van der Waals surface area contributed by atoms with Gasteiger partial charge in [0, 0.05) is 19.0 Å². The fourth-order valence-corrected chi connectivity index (χ4v) is 1.12. The molecule has 0 saturated heterocycles. The molecule has 0 saturated carbocycles. The molecule has 0 heterocycles. The highest BCUT2D eigenvalue weighted by molar-refractivity contribution is 4.95. The summed E-state index contributed by atoms with van der Waals surface area (Å²) in [6.07, 6.45) is 4.89. The summed E-state index contributed by atoms with van der Waals surface area (Å²) in [4.78, 5) is 0. The van der Waals surface area contributed by atoms with Crippen LogP contribution in [-0.4, -0.2) is 12.6 Å². The molecule has 0 amide bonds. The van der Waals surface area contributed by atoms with E-state index in [4.69, 9.17) is 0 Å². The Balaban J connectivity index is 3.17. The van der Waals surface area contributed by atoms with E-state index in [1.807, 2.05) is 6.92 Å². The summed E-state index contributed by atoms with van der Waals surface area (Å²) < 4.78 is 0. The fourth-order valence-electron chi connectivity index (χ4n) is 1.12. The SMILES string of the molecule is CC#CCCNC(C)CCCC. The lowest BCUT2D eigenvalue weighted by Gasteiger charge is -2.11. The lowest BCUT2D eigenvalue weighted by Crippen LogP contribution is -2.26. The summed E-state index contributed by atoms with van der Waals surface area (Å²) in [5.41, 5.74) is 0. The summed E-state index contributed by atoms with van der Waals surface area (Å²) >= 11 is 0. The van der Waals surface area contributed by atoms with Gasteiger partial charge in [-0.05, 0) is 20.3 Å². The first-order valence-corrected chi connectivity index (χ1v) is 4.94. The van der Waals surface area contributed by atoms with Gasteiger partial charge in [-0.3, -0.25) is 0 Å². The van der Waals surface area contributed by atoms with Crippen LogP contribution in [0.15, 0.2) is 0 Å². The van der Waals surface area contributed by atoms with E-state index in [1.165, 1.54) is 19.3 Å². The molecule has 1 nitrogen and oxygen atoms in total. The van der Waals surface area contributed by atoms with Crippen LogP contribution in [0.4, 0.5) is 0 Å². The minimum absolute atomic E-state index is 0.656. The average Bonchev–Trinajstić information content (AvgIpc) is 2.09. The zero-order chi connectivity index (χ0) is 9.23. The van der Waals surface area contributed by atoms with E-state index in [2.05, 4.69) is 31.0 Å². The van der Waals surface area contributed by atoms with Crippen molar-refractivity contribution >= 4 is 0 Å². The van der Waals surface area contributed by atoms with E-state index < -0.39 is 0 Å². The van der Waals surface area contributed by atoms with Gasteiger partial charge in [-0.1, -0.05) is 19.8 Å². The van der Waals surface area contributed by atoms with Crippen molar-refractivity contribution in [3.8, 4) is 11.8 Å². The minimum Gasteiger partial charge on any atom is -0.313 e. The summed E-state index contributed by atoms with van der Waals surface area (Å²) in [6.45, 7) is 7.40. The van der Waals surface area contributed by atoms with Gasteiger partial charge in [0.2, 0.25) is 0 Å². The van der Waals surface area contributed by atoms with E-state index in [1.54, 1.807) is 0 Å². The average molecular weight is 167 g/mol. The van der Waals surface area contributed by atoms with Gasteiger partial charge < -0.3 is 5.32 Å². The van der Waals surface area contributed by atoms with Crippen molar-refractivity contribution in [2.24, 2.45) is 0 Å². The van der Waals surface area contributed by atoms with Crippen molar-refractivity contribution in [2.75, 3.05) is 6.54 Å². The summed E-state index contributed by atoms with van der Waals surface area (Å²) in [7, 11) is 0. The van der Waals surface area contributed by atoms with E-state index in [0.29, 0.717) is 6.04 Å². The van der Waals surface area contributed by atoms with E-state index >= 15 is 0 Å². The van der Waals surface area contributed by atoms with Gasteiger partial charge in [0.05, 0.1) is 0 Å². The molecule has 0 rings (SSSR count). The van der Waals surface area contributed by atoms with Crippen LogP contribution in [0.2, 0.25) is 0 Å². The van der Waals surface area contributed by atoms with Gasteiger partial charge in [-0.15, -0.1) is 11.8 Å². The first-order valence-electron chi connectivity index (χ1n) is 4.94. The van der Waals surface area contributed by atoms with Gasteiger partial charge in [0.1, 0.15) is 0 Å². The van der Waals surface area contributed by atoms with Crippen molar-refractivity contribution in [1.82, 2.24) is 5.32 Å². The normalized spacial score (nSPS) is 11.9. The Hall–Kier alpha value is -0.480. The molecule has 1 atom stereocenters. The molecule has 0 aromatic carbocycles.